The third-order valence-electron chi connectivity index (χ3n) is 3.26. The van der Waals surface area contributed by atoms with Gasteiger partial charge in [-0.1, -0.05) is 17.7 Å². The number of sulfonamides is 1. The molecule has 128 valence electrons. The molecule has 24 heavy (non-hydrogen) atoms. The van der Waals surface area contributed by atoms with E-state index in [1.54, 1.807) is 13.0 Å². The zero-order valence-electron chi connectivity index (χ0n) is 13.0. The van der Waals surface area contributed by atoms with Crippen LogP contribution in [0.15, 0.2) is 41.3 Å². The number of nitrogens with one attached hydrogen (secondary N) is 1. The Kier molecular flexibility index (Phi) is 5.36. The van der Waals surface area contributed by atoms with E-state index in [4.69, 9.17) is 16.3 Å². The van der Waals surface area contributed by atoms with Crippen LogP contribution in [0.1, 0.15) is 22.8 Å². The molecular formula is C16H16ClNO5S. The van der Waals surface area contributed by atoms with Gasteiger partial charge in [0.1, 0.15) is 11.3 Å². The first-order valence-corrected chi connectivity index (χ1v) is 8.90. The first-order chi connectivity index (χ1) is 11.3. The minimum Gasteiger partial charge on any atom is -0.494 e. The number of carboxylic acid groups (broad SMARTS) is 1. The van der Waals surface area contributed by atoms with Gasteiger partial charge in [-0.3, -0.25) is 4.72 Å². The fourth-order valence-corrected chi connectivity index (χ4v) is 3.48. The van der Waals surface area contributed by atoms with Crippen LogP contribution in [0.4, 0.5) is 5.69 Å². The number of aryl methyl sites for hydroxylation is 1. The van der Waals surface area contributed by atoms with Crippen LogP contribution in [-0.4, -0.2) is 26.1 Å². The molecule has 2 aromatic carbocycles. The van der Waals surface area contributed by atoms with E-state index in [0.29, 0.717) is 17.9 Å². The van der Waals surface area contributed by atoms with Gasteiger partial charge in [-0.25, -0.2) is 13.2 Å². The number of rotatable bonds is 6. The van der Waals surface area contributed by atoms with E-state index in [2.05, 4.69) is 4.72 Å². The second-order valence-corrected chi connectivity index (χ2v) is 7.02. The summed E-state index contributed by atoms with van der Waals surface area (Å²) in [5, 5.41) is 9.25. The van der Waals surface area contributed by atoms with E-state index in [9.17, 15) is 18.3 Å². The normalized spacial score (nSPS) is 11.1. The van der Waals surface area contributed by atoms with Crippen LogP contribution in [-0.2, 0) is 10.0 Å². The van der Waals surface area contributed by atoms with Crippen molar-refractivity contribution in [2.45, 2.75) is 18.7 Å². The number of aromatic carboxylic acids is 1. The van der Waals surface area contributed by atoms with Crippen molar-refractivity contribution >= 4 is 33.3 Å². The number of benzene rings is 2. The highest BCUT2D eigenvalue weighted by atomic mass is 35.5. The molecule has 0 spiro atoms. The van der Waals surface area contributed by atoms with Crippen LogP contribution < -0.4 is 9.46 Å². The maximum absolute atomic E-state index is 12.5. The molecule has 0 unspecified atom stereocenters. The molecule has 0 aliphatic rings. The molecule has 6 nitrogen and oxygen atoms in total. The highest BCUT2D eigenvalue weighted by molar-refractivity contribution is 7.92. The Morgan fingerprint density at radius 1 is 1.21 bits per heavy atom. The van der Waals surface area contributed by atoms with Crippen LogP contribution in [0, 0.1) is 6.92 Å². The lowest BCUT2D eigenvalue weighted by Gasteiger charge is -2.14. The second kappa shape index (κ2) is 7.11. The first kappa shape index (κ1) is 18.1. The van der Waals surface area contributed by atoms with E-state index < -0.39 is 16.0 Å². The predicted octanol–water partition coefficient (Wildman–Crippen LogP) is 3.55. The molecule has 0 saturated carbocycles. The molecule has 0 fully saturated rings. The topological polar surface area (TPSA) is 92.7 Å². The Hall–Kier alpha value is -2.25. The summed E-state index contributed by atoms with van der Waals surface area (Å²) >= 11 is 5.89. The molecule has 2 rings (SSSR count). The lowest BCUT2D eigenvalue weighted by molar-refractivity contribution is 0.0698. The summed E-state index contributed by atoms with van der Waals surface area (Å²) in [7, 11) is -3.97. The summed E-state index contributed by atoms with van der Waals surface area (Å²) in [5.41, 5.74) is 0.112. The fourth-order valence-electron chi connectivity index (χ4n) is 2.10. The second-order valence-electron chi connectivity index (χ2n) is 4.93. The zero-order chi connectivity index (χ0) is 17.9. The number of anilines is 1. The highest BCUT2D eigenvalue weighted by Crippen LogP contribution is 2.30. The Bertz CT molecular complexity index is 863. The average molecular weight is 370 g/mol. The molecular weight excluding hydrogens is 354 g/mol. The van der Waals surface area contributed by atoms with Gasteiger partial charge in [0.15, 0.2) is 0 Å². The maximum atomic E-state index is 12.5. The summed E-state index contributed by atoms with van der Waals surface area (Å²) in [4.78, 5) is 11.4. The summed E-state index contributed by atoms with van der Waals surface area (Å²) in [6, 6.07) is 8.78. The molecule has 0 amide bonds. The van der Waals surface area contributed by atoms with Crippen molar-refractivity contribution in [2.75, 3.05) is 11.3 Å². The van der Waals surface area contributed by atoms with Crippen molar-refractivity contribution < 1.29 is 23.1 Å². The Morgan fingerprint density at radius 2 is 1.83 bits per heavy atom. The van der Waals surface area contributed by atoms with Crippen molar-refractivity contribution in [1.29, 1.82) is 0 Å². The third kappa shape index (κ3) is 3.80. The van der Waals surface area contributed by atoms with Crippen LogP contribution in [0.25, 0.3) is 0 Å². The van der Waals surface area contributed by atoms with Gasteiger partial charge < -0.3 is 9.84 Å². The summed E-state index contributed by atoms with van der Waals surface area (Å²) < 4.78 is 32.6. The molecule has 0 saturated heterocycles. The summed E-state index contributed by atoms with van der Waals surface area (Å²) in [5.74, 6) is -0.769. The standard InChI is InChI=1S/C16H16ClNO5S/c1-3-23-11-5-7-12(8-6-11)24(21,22)18-15-10(2)4-9-13(17)14(15)16(19)20/h4-9,18H,3H2,1-2H3,(H,19,20). The van der Waals surface area contributed by atoms with Gasteiger partial charge in [-0.05, 0) is 49.7 Å². The molecule has 0 heterocycles. The molecule has 0 bridgehead atoms. The summed E-state index contributed by atoms with van der Waals surface area (Å²) in [6.07, 6.45) is 0. The van der Waals surface area contributed by atoms with E-state index in [1.165, 1.54) is 30.3 Å². The van der Waals surface area contributed by atoms with Crippen LogP contribution in [0.2, 0.25) is 5.02 Å². The average Bonchev–Trinajstić information content (AvgIpc) is 2.51. The van der Waals surface area contributed by atoms with Crippen LogP contribution in [0.3, 0.4) is 0 Å². The van der Waals surface area contributed by atoms with E-state index >= 15 is 0 Å². The number of hydrogen-bond donors (Lipinski definition) is 2. The van der Waals surface area contributed by atoms with Crippen molar-refractivity contribution in [3.05, 3.63) is 52.5 Å². The molecule has 8 heteroatoms. The Balaban J connectivity index is 2.43. The van der Waals surface area contributed by atoms with E-state index in [-0.39, 0.29) is 21.2 Å². The van der Waals surface area contributed by atoms with Crippen molar-refractivity contribution in [1.82, 2.24) is 0 Å². The van der Waals surface area contributed by atoms with Gasteiger partial charge in [0.2, 0.25) is 0 Å². The molecule has 2 N–H and O–H groups in total. The van der Waals surface area contributed by atoms with Crippen LogP contribution in [0.5, 0.6) is 5.75 Å². The summed E-state index contributed by atoms with van der Waals surface area (Å²) in [6.45, 7) is 3.88. The molecule has 0 radical (unpaired) electrons. The van der Waals surface area contributed by atoms with E-state index in [0.717, 1.165) is 0 Å². The van der Waals surface area contributed by atoms with Gasteiger partial charge in [0.05, 0.1) is 22.2 Å². The lowest BCUT2D eigenvalue weighted by Crippen LogP contribution is -2.17. The maximum Gasteiger partial charge on any atom is 0.339 e. The molecule has 2 aromatic rings. The predicted molar refractivity (Wildman–Crippen MR) is 91.6 cm³/mol. The van der Waals surface area contributed by atoms with Crippen molar-refractivity contribution in [2.24, 2.45) is 0 Å². The van der Waals surface area contributed by atoms with Gasteiger partial charge in [0, 0.05) is 0 Å². The third-order valence-corrected chi connectivity index (χ3v) is 4.94. The molecule has 0 aliphatic carbocycles. The van der Waals surface area contributed by atoms with Crippen molar-refractivity contribution in [3.63, 3.8) is 0 Å². The molecule has 0 atom stereocenters. The number of carboxylic acids is 1. The molecule has 0 aromatic heterocycles. The van der Waals surface area contributed by atoms with Gasteiger partial charge in [-0.2, -0.15) is 0 Å². The minimum atomic E-state index is -3.97. The van der Waals surface area contributed by atoms with Crippen molar-refractivity contribution in [3.8, 4) is 5.75 Å². The smallest absolute Gasteiger partial charge is 0.339 e. The highest BCUT2D eigenvalue weighted by Gasteiger charge is 2.22. The lowest BCUT2D eigenvalue weighted by atomic mass is 10.1. The monoisotopic (exact) mass is 369 g/mol. The minimum absolute atomic E-state index is 0.0123. The van der Waals surface area contributed by atoms with Gasteiger partial charge in [0.25, 0.3) is 10.0 Å². The van der Waals surface area contributed by atoms with E-state index in [1.807, 2.05) is 6.92 Å². The quantitative estimate of drug-likeness (QED) is 0.812. The Labute approximate surface area is 145 Å². The zero-order valence-corrected chi connectivity index (χ0v) is 14.6. The molecule has 0 aliphatic heterocycles. The number of hydrogen-bond acceptors (Lipinski definition) is 4. The SMILES string of the molecule is CCOc1ccc(S(=O)(=O)Nc2c(C)ccc(Cl)c2C(=O)O)cc1. The first-order valence-electron chi connectivity index (χ1n) is 7.04. The number of halogens is 1. The Morgan fingerprint density at radius 3 is 2.38 bits per heavy atom. The van der Waals surface area contributed by atoms with Gasteiger partial charge in [-0.15, -0.1) is 0 Å². The van der Waals surface area contributed by atoms with Crippen LogP contribution >= 0.6 is 11.6 Å². The number of carbonyl (C=O) groups is 1. The largest absolute Gasteiger partial charge is 0.494 e. The number of ether oxygens (including phenoxy) is 1. The fraction of sp³-hybridized carbons (Fsp3) is 0.188. The van der Waals surface area contributed by atoms with Gasteiger partial charge >= 0.3 is 5.97 Å².